The van der Waals surface area contributed by atoms with Crippen LogP contribution >= 0.6 is 0 Å². The Hall–Kier alpha value is -3.49. The second kappa shape index (κ2) is 8.26. The second-order valence-electron chi connectivity index (χ2n) is 6.91. The first kappa shape index (κ1) is 18.9. The van der Waals surface area contributed by atoms with Gasteiger partial charge in [0.25, 0.3) is 5.56 Å². The molecule has 4 rings (SSSR count). The molecular formula is C20H22N6O3. The van der Waals surface area contributed by atoms with Gasteiger partial charge in [0.2, 0.25) is 5.88 Å². The van der Waals surface area contributed by atoms with Crippen molar-refractivity contribution in [2.75, 3.05) is 19.0 Å². The van der Waals surface area contributed by atoms with Crippen molar-refractivity contribution >= 4 is 5.69 Å². The Balaban J connectivity index is 1.36. The van der Waals surface area contributed by atoms with Crippen molar-refractivity contribution in [3.05, 3.63) is 64.7 Å². The third kappa shape index (κ3) is 4.50. The van der Waals surface area contributed by atoms with Crippen molar-refractivity contribution in [1.29, 1.82) is 0 Å². The Morgan fingerprint density at radius 1 is 1.24 bits per heavy atom. The fraction of sp³-hybridized carbons (Fsp3) is 0.350. The average Bonchev–Trinajstić information content (AvgIpc) is 3.54. The number of aromatic nitrogens is 5. The van der Waals surface area contributed by atoms with E-state index in [-0.39, 0.29) is 5.56 Å². The van der Waals surface area contributed by atoms with E-state index >= 15 is 0 Å². The van der Waals surface area contributed by atoms with Crippen LogP contribution in [0.3, 0.4) is 0 Å². The molecular weight excluding hydrogens is 372 g/mol. The van der Waals surface area contributed by atoms with Gasteiger partial charge >= 0.3 is 0 Å². The first-order valence-corrected chi connectivity index (χ1v) is 9.34. The Morgan fingerprint density at radius 3 is 2.86 bits per heavy atom. The zero-order chi connectivity index (χ0) is 20.2. The second-order valence-corrected chi connectivity index (χ2v) is 6.91. The van der Waals surface area contributed by atoms with Crippen LogP contribution in [0.1, 0.15) is 23.7 Å². The van der Waals surface area contributed by atoms with Crippen LogP contribution in [0, 0.1) is 5.92 Å². The molecule has 3 aromatic heterocycles. The van der Waals surface area contributed by atoms with Gasteiger partial charge in [-0.3, -0.25) is 19.7 Å². The maximum Gasteiger partial charge on any atom is 0.290 e. The number of aryl methyl sites for hydroxylation is 1. The first-order valence-electron chi connectivity index (χ1n) is 9.34. The van der Waals surface area contributed by atoms with E-state index in [1.54, 1.807) is 45.0 Å². The van der Waals surface area contributed by atoms with Crippen LogP contribution in [-0.2, 0) is 13.6 Å². The van der Waals surface area contributed by atoms with Crippen LogP contribution in [0.25, 0.3) is 0 Å². The zero-order valence-electron chi connectivity index (χ0n) is 16.3. The van der Waals surface area contributed by atoms with E-state index < -0.39 is 0 Å². The molecule has 9 nitrogen and oxygen atoms in total. The molecule has 29 heavy (non-hydrogen) atoms. The predicted molar refractivity (Wildman–Crippen MR) is 106 cm³/mol. The lowest BCUT2D eigenvalue weighted by Crippen LogP contribution is -2.24. The molecule has 3 heterocycles. The van der Waals surface area contributed by atoms with Gasteiger partial charge in [0.1, 0.15) is 11.4 Å². The number of hydrogen-bond acceptors (Lipinski definition) is 8. The molecule has 1 fully saturated rings. The van der Waals surface area contributed by atoms with Crippen LogP contribution in [0.5, 0.6) is 11.6 Å². The molecule has 0 aliphatic heterocycles. The number of rotatable bonds is 8. The molecule has 150 valence electrons. The molecule has 1 N–H and O–H groups in total. The van der Waals surface area contributed by atoms with Gasteiger partial charge in [-0.1, -0.05) is 0 Å². The van der Waals surface area contributed by atoms with Crippen LogP contribution in [0.15, 0.2) is 47.8 Å². The van der Waals surface area contributed by atoms with Crippen molar-refractivity contribution in [3.63, 3.8) is 0 Å². The van der Waals surface area contributed by atoms with E-state index in [1.807, 2.05) is 12.1 Å². The van der Waals surface area contributed by atoms with Crippen molar-refractivity contribution in [3.8, 4) is 11.6 Å². The van der Waals surface area contributed by atoms with Crippen molar-refractivity contribution in [2.24, 2.45) is 13.0 Å². The summed E-state index contributed by atoms with van der Waals surface area (Å²) in [4.78, 5) is 25.0. The molecule has 0 aromatic carbocycles. The summed E-state index contributed by atoms with van der Waals surface area (Å²) < 4.78 is 12.3. The number of pyridine rings is 1. The number of nitrogens with zero attached hydrogens (tertiary/aromatic N) is 5. The summed E-state index contributed by atoms with van der Waals surface area (Å²) in [7, 11) is 3.23. The minimum Gasteiger partial charge on any atom is -0.495 e. The summed E-state index contributed by atoms with van der Waals surface area (Å²) in [6.07, 6.45) is 7.61. The standard InChI is InChI=1S/C20H22N6O3/c1-26-20(27)18(23-10-14-9-21-5-6-22-14)8-19(25-26)29-12-13-7-16(13)17-4-3-15(28-2)11-24-17/h3-6,8-9,11,13,16,23H,7,10,12H2,1-2H3/t13?,16-/m1/s1. The largest absolute Gasteiger partial charge is 0.495 e. The summed E-state index contributed by atoms with van der Waals surface area (Å²) in [6.45, 7) is 0.910. The summed E-state index contributed by atoms with van der Waals surface area (Å²) in [5.41, 5.74) is 1.96. The fourth-order valence-electron chi connectivity index (χ4n) is 3.10. The maximum absolute atomic E-state index is 12.3. The van der Waals surface area contributed by atoms with Crippen LogP contribution < -0.4 is 20.3 Å². The van der Waals surface area contributed by atoms with Gasteiger partial charge in [0.15, 0.2) is 0 Å². The lowest BCUT2D eigenvalue weighted by molar-refractivity contribution is 0.278. The van der Waals surface area contributed by atoms with E-state index in [0.29, 0.717) is 36.6 Å². The summed E-state index contributed by atoms with van der Waals surface area (Å²) in [5, 5.41) is 7.27. The van der Waals surface area contributed by atoms with E-state index in [1.165, 1.54) is 4.68 Å². The third-order valence-electron chi connectivity index (χ3n) is 4.86. The highest BCUT2D eigenvalue weighted by molar-refractivity contribution is 5.43. The smallest absolute Gasteiger partial charge is 0.290 e. The lowest BCUT2D eigenvalue weighted by Gasteiger charge is -2.10. The SMILES string of the molecule is COc1ccc([C@@H]2CC2COc2cc(NCc3cnccn3)c(=O)n(C)n2)nc1. The van der Waals surface area contributed by atoms with Crippen LogP contribution in [0.2, 0.25) is 0 Å². The van der Waals surface area contributed by atoms with E-state index in [0.717, 1.165) is 23.6 Å². The van der Waals surface area contributed by atoms with Gasteiger partial charge < -0.3 is 14.8 Å². The topological polar surface area (TPSA) is 104 Å². The molecule has 1 aliphatic rings. The molecule has 0 spiro atoms. The van der Waals surface area contributed by atoms with Gasteiger partial charge in [-0.05, 0) is 18.6 Å². The number of anilines is 1. The van der Waals surface area contributed by atoms with E-state index in [2.05, 4.69) is 25.4 Å². The quantitative estimate of drug-likeness (QED) is 0.616. The van der Waals surface area contributed by atoms with Crippen molar-refractivity contribution in [2.45, 2.75) is 18.9 Å². The zero-order valence-corrected chi connectivity index (χ0v) is 16.3. The molecule has 1 saturated carbocycles. The predicted octanol–water partition coefficient (Wildman–Crippen LogP) is 1.77. The molecule has 9 heteroatoms. The first-order chi connectivity index (χ1) is 14.1. The number of ether oxygens (including phenoxy) is 2. The van der Waals surface area contributed by atoms with Gasteiger partial charge in [0.05, 0.1) is 38.3 Å². The molecule has 0 bridgehead atoms. The molecule has 0 amide bonds. The molecule has 1 unspecified atom stereocenters. The number of methoxy groups -OCH3 is 1. The maximum atomic E-state index is 12.3. The monoisotopic (exact) mass is 394 g/mol. The van der Waals surface area contributed by atoms with E-state index in [9.17, 15) is 4.79 Å². The highest BCUT2D eigenvalue weighted by atomic mass is 16.5. The number of hydrogen-bond donors (Lipinski definition) is 1. The lowest BCUT2D eigenvalue weighted by atomic mass is 10.2. The number of nitrogens with one attached hydrogen (secondary N) is 1. The van der Waals surface area contributed by atoms with Crippen molar-refractivity contribution in [1.82, 2.24) is 24.7 Å². The Labute approximate surface area is 167 Å². The average molecular weight is 394 g/mol. The van der Waals surface area contributed by atoms with Crippen LogP contribution in [0.4, 0.5) is 5.69 Å². The fourth-order valence-corrected chi connectivity index (χ4v) is 3.10. The Morgan fingerprint density at radius 2 is 2.14 bits per heavy atom. The van der Waals surface area contributed by atoms with Crippen molar-refractivity contribution < 1.29 is 9.47 Å². The molecule has 3 aromatic rings. The van der Waals surface area contributed by atoms with E-state index in [4.69, 9.17) is 9.47 Å². The van der Waals surface area contributed by atoms with Gasteiger partial charge in [-0.15, -0.1) is 5.10 Å². The summed E-state index contributed by atoms with van der Waals surface area (Å²) in [6, 6.07) is 5.53. The molecule has 1 aliphatic carbocycles. The van der Waals surface area contributed by atoms with Crippen LogP contribution in [-0.4, -0.2) is 38.4 Å². The minimum absolute atomic E-state index is 0.229. The molecule has 0 radical (unpaired) electrons. The molecule has 0 saturated heterocycles. The normalized spacial score (nSPS) is 17.6. The van der Waals surface area contributed by atoms with Gasteiger partial charge in [0, 0.05) is 43.0 Å². The highest BCUT2D eigenvalue weighted by Gasteiger charge is 2.40. The molecule has 2 atom stereocenters. The Bertz CT molecular complexity index is 1020. The van der Waals surface area contributed by atoms with Gasteiger partial charge in [-0.2, -0.15) is 0 Å². The minimum atomic E-state index is -0.229. The highest BCUT2D eigenvalue weighted by Crippen LogP contribution is 2.46. The summed E-state index contributed by atoms with van der Waals surface area (Å²) >= 11 is 0. The summed E-state index contributed by atoms with van der Waals surface area (Å²) in [5.74, 6) is 1.91. The van der Waals surface area contributed by atoms with Gasteiger partial charge in [-0.25, -0.2) is 4.68 Å². The third-order valence-corrected chi connectivity index (χ3v) is 4.86. The Kier molecular flexibility index (Phi) is 5.37.